The van der Waals surface area contributed by atoms with Crippen LogP contribution in [0.15, 0.2) is 22.9 Å². The first kappa shape index (κ1) is 13.1. The Kier molecular flexibility index (Phi) is 3.79. The highest BCUT2D eigenvalue weighted by atomic mass is 16.5. The maximum Gasteiger partial charge on any atom is 0.255 e. The predicted octanol–water partition coefficient (Wildman–Crippen LogP) is 1.66. The Bertz CT molecular complexity index is 592. The number of aromatic nitrogens is 2. The van der Waals surface area contributed by atoms with Gasteiger partial charge >= 0.3 is 0 Å². The molecule has 2 heterocycles. The van der Waals surface area contributed by atoms with E-state index in [0.29, 0.717) is 17.8 Å². The predicted molar refractivity (Wildman–Crippen MR) is 70.9 cm³/mol. The number of amides is 1. The average molecular weight is 260 g/mol. The van der Waals surface area contributed by atoms with Gasteiger partial charge in [0.15, 0.2) is 0 Å². The lowest BCUT2D eigenvalue weighted by Gasteiger charge is -2.09. The maximum atomic E-state index is 12.1. The molecule has 0 spiro atoms. The summed E-state index contributed by atoms with van der Waals surface area (Å²) in [5.41, 5.74) is 2.81. The van der Waals surface area contributed by atoms with E-state index in [1.54, 1.807) is 26.2 Å². The van der Waals surface area contributed by atoms with Gasteiger partial charge in [-0.25, -0.2) is 0 Å². The monoisotopic (exact) mass is 260 g/mol. The number of carbonyl (C=O) groups is 1. The molecule has 6 heteroatoms. The third kappa shape index (κ3) is 3.09. The van der Waals surface area contributed by atoms with E-state index < -0.39 is 0 Å². The molecule has 0 aliphatic carbocycles. The highest BCUT2D eigenvalue weighted by molar-refractivity contribution is 5.99. The smallest absolute Gasteiger partial charge is 0.255 e. The molecule has 0 saturated carbocycles. The maximum absolute atomic E-state index is 12.1. The fourth-order valence-electron chi connectivity index (χ4n) is 1.71. The minimum absolute atomic E-state index is 0.197. The molecule has 0 fully saturated rings. The average Bonchev–Trinajstić information content (AvgIpc) is 2.81. The van der Waals surface area contributed by atoms with Crippen molar-refractivity contribution in [3.05, 3.63) is 41.0 Å². The molecular weight excluding hydrogens is 244 g/mol. The van der Waals surface area contributed by atoms with Crippen molar-refractivity contribution < 1.29 is 9.32 Å². The summed E-state index contributed by atoms with van der Waals surface area (Å²) in [6, 6.07) is 3.61. The number of hydrogen-bond donors (Lipinski definition) is 2. The first-order valence-electron chi connectivity index (χ1n) is 5.95. The first-order chi connectivity index (χ1) is 9.10. The van der Waals surface area contributed by atoms with Gasteiger partial charge in [0.2, 0.25) is 0 Å². The molecule has 0 aromatic carbocycles. The molecule has 2 aromatic rings. The highest BCUT2D eigenvalue weighted by Crippen LogP contribution is 2.15. The molecule has 0 unspecified atom stereocenters. The summed E-state index contributed by atoms with van der Waals surface area (Å²) in [5, 5.41) is 9.58. The van der Waals surface area contributed by atoms with Crippen LogP contribution in [0, 0.1) is 13.8 Å². The van der Waals surface area contributed by atoms with Crippen molar-refractivity contribution in [3.63, 3.8) is 0 Å². The van der Waals surface area contributed by atoms with Crippen molar-refractivity contribution in [1.29, 1.82) is 0 Å². The third-order valence-corrected chi connectivity index (χ3v) is 2.66. The van der Waals surface area contributed by atoms with E-state index in [1.807, 2.05) is 13.0 Å². The zero-order valence-electron chi connectivity index (χ0n) is 11.2. The van der Waals surface area contributed by atoms with Crippen molar-refractivity contribution in [3.8, 4) is 0 Å². The van der Waals surface area contributed by atoms with Crippen LogP contribution in [0.25, 0.3) is 0 Å². The zero-order valence-corrected chi connectivity index (χ0v) is 11.2. The molecular formula is C13H16N4O2. The molecule has 2 aromatic heterocycles. The molecule has 100 valence electrons. The molecule has 0 aliphatic rings. The van der Waals surface area contributed by atoms with Crippen LogP contribution in [0.2, 0.25) is 0 Å². The molecule has 0 aliphatic heterocycles. The molecule has 0 bridgehead atoms. The van der Waals surface area contributed by atoms with E-state index in [2.05, 4.69) is 20.8 Å². The Hall–Kier alpha value is -2.37. The van der Waals surface area contributed by atoms with Crippen LogP contribution in [0.3, 0.4) is 0 Å². The molecule has 0 atom stereocenters. The summed E-state index contributed by atoms with van der Waals surface area (Å²) in [5.74, 6) is 0.523. The van der Waals surface area contributed by atoms with E-state index >= 15 is 0 Å². The quantitative estimate of drug-likeness (QED) is 0.873. The van der Waals surface area contributed by atoms with Crippen LogP contribution < -0.4 is 10.6 Å². The molecule has 0 saturated heterocycles. The standard InChI is InChI=1S/C13H16N4O2/c1-8-4-12(14-3)11(7-15-8)13(18)16-6-10-5-9(2)19-17-10/h4-5,7H,6H2,1-3H3,(H,14,15)(H,16,18). The van der Waals surface area contributed by atoms with Crippen molar-refractivity contribution in [2.75, 3.05) is 12.4 Å². The van der Waals surface area contributed by atoms with Gasteiger partial charge in [-0.2, -0.15) is 0 Å². The Balaban J connectivity index is 2.07. The fourth-order valence-corrected chi connectivity index (χ4v) is 1.71. The number of aryl methyl sites for hydroxylation is 2. The fraction of sp³-hybridized carbons (Fsp3) is 0.308. The van der Waals surface area contributed by atoms with Crippen LogP contribution >= 0.6 is 0 Å². The number of anilines is 1. The van der Waals surface area contributed by atoms with E-state index in [4.69, 9.17) is 4.52 Å². The molecule has 1 amide bonds. The molecule has 2 N–H and O–H groups in total. The number of rotatable bonds is 4. The van der Waals surface area contributed by atoms with Gasteiger partial charge in [-0.1, -0.05) is 5.16 Å². The second kappa shape index (κ2) is 5.51. The second-order valence-electron chi connectivity index (χ2n) is 4.23. The number of nitrogens with zero attached hydrogens (tertiary/aromatic N) is 2. The van der Waals surface area contributed by atoms with E-state index in [9.17, 15) is 4.79 Å². The van der Waals surface area contributed by atoms with Crippen molar-refractivity contribution in [2.45, 2.75) is 20.4 Å². The lowest BCUT2D eigenvalue weighted by atomic mass is 10.2. The number of carbonyl (C=O) groups excluding carboxylic acids is 1. The Labute approximate surface area is 111 Å². The second-order valence-corrected chi connectivity index (χ2v) is 4.23. The van der Waals surface area contributed by atoms with Crippen molar-refractivity contribution >= 4 is 11.6 Å². The summed E-state index contributed by atoms with van der Waals surface area (Å²) in [6.07, 6.45) is 1.56. The topological polar surface area (TPSA) is 80.0 Å². The van der Waals surface area contributed by atoms with Crippen molar-refractivity contribution in [1.82, 2.24) is 15.5 Å². The van der Waals surface area contributed by atoms with E-state index in [1.165, 1.54) is 0 Å². The summed E-state index contributed by atoms with van der Waals surface area (Å²) in [7, 11) is 1.77. The summed E-state index contributed by atoms with van der Waals surface area (Å²) in [4.78, 5) is 16.2. The number of hydrogen-bond acceptors (Lipinski definition) is 5. The summed E-state index contributed by atoms with van der Waals surface area (Å²) >= 11 is 0. The minimum Gasteiger partial charge on any atom is -0.387 e. The Morgan fingerprint density at radius 3 is 2.79 bits per heavy atom. The van der Waals surface area contributed by atoms with Gasteiger partial charge in [0, 0.05) is 25.0 Å². The van der Waals surface area contributed by atoms with Gasteiger partial charge in [-0.05, 0) is 19.9 Å². The molecule has 19 heavy (non-hydrogen) atoms. The molecule has 6 nitrogen and oxygen atoms in total. The van der Waals surface area contributed by atoms with Gasteiger partial charge in [0.05, 0.1) is 17.8 Å². The van der Waals surface area contributed by atoms with Gasteiger partial charge in [-0.3, -0.25) is 9.78 Å². The van der Waals surface area contributed by atoms with Crippen LogP contribution in [-0.4, -0.2) is 23.1 Å². The normalized spacial score (nSPS) is 10.3. The van der Waals surface area contributed by atoms with Crippen LogP contribution in [0.5, 0.6) is 0 Å². The molecule has 0 radical (unpaired) electrons. The Morgan fingerprint density at radius 1 is 1.37 bits per heavy atom. The zero-order chi connectivity index (χ0) is 13.8. The first-order valence-corrected chi connectivity index (χ1v) is 5.95. The lowest BCUT2D eigenvalue weighted by molar-refractivity contribution is 0.0950. The molecule has 2 rings (SSSR count). The lowest BCUT2D eigenvalue weighted by Crippen LogP contribution is -2.24. The van der Waals surface area contributed by atoms with Gasteiger partial charge < -0.3 is 15.2 Å². The number of nitrogens with one attached hydrogen (secondary N) is 2. The largest absolute Gasteiger partial charge is 0.387 e. The highest BCUT2D eigenvalue weighted by Gasteiger charge is 2.12. The van der Waals surface area contributed by atoms with Crippen LogP contribution in [0.4, 0.5) is 5.69 Å². The summed E-state index contributed by atoms with van der Waals surface area (Å²) < 4.78 is 4.94. The van der Waals surface area contributed by atoms with Gasteiger partial charge in [0.1, 0.15) is 11.5 Å². The van der Waals surface area contributed by atoms with Gasteiger partial charge in [0.25, 0.3) is 5.91 Å². The van der Waals surface area contributed by atoms with Gasteiger partial charge in [-0.15, -0.1) is 0 Å². The van der Waals surface area contributed by atoms with E-state index in [0.717, 1.165) is 17.1 Å². The summed E-state index contributed by atoms with van der Waals surface area (Å²) in [6.45, 7) is 4.01. The Morgan fingerprint density at radius 2 is 2.16 bits per heavy atom. The van der Waals surface area contributed by atoms with Crippen LogP contribution in [-0.2, 0) is 6.54 Å². The SMILES string of the molecule is CNc1cc(C)ncc1C(=O)NCc1cc(C)on1. The van der Waals surface area contributed by atoms with E-state index in [-0.39, 0.29) is 5.91 Å². The third-order valence-electron chi connectivity index (χ3n) is 2.66. The minimum atomic E-state index is -0.197. The van der Waals surface area contributed by atoms with Crippen LogP contribution in [0.1, 0.15) is 27.5 Å². The van der Waals surface area contributed by atoms with Crippen molar-refractivity contribution in [2.24, 2.45) is 0 Å². The number of pyridine rings is 1.